The number of amides is 1. The van der Waals surface area contributed by atoms with Gasteiger partial charge in [-0.1, -0.05) is 30.3 Å². The molecule has 1 aromatic rings. The molecular formula is C14H19N2O3. The first-order valence-corrected chi connectivity index (χ1v) is 6.30. The summed E-state index contributed by atoms with van der Waals surface area (Å²) in [5.74, 6) is 0. The second kappa shape index (κ2) is 9.10. The number of carbonyl (C=O) groups is 1. The molecule has 5 nitrogen and oxygen atoms in total. The van der Waals surface area contributed by atoms with Gasteiger partial charge in [-0.05, 0) is 24.8 Å². The Morgan fingerprint density at radius 3 is 2.74 bits per heavy atom. The fourth-order valence-corrected chi connectivity index (χ4v) is 1.51. The molecule has 3 N–H and O–H groups in total. The van der Waals surface area contributed by atoms with Gasteiger partial charge in [-0.15, -0.1) is 0 Å². The van der Waals surface area contributed by atoms with Gasteiger partial charge in [0, 0.05) is 6.54 Å². The highest BCUT2D eigenvalue weighted by molar-refractivity contribution is 5.67. The lowest BCUT2D eigenvalue weighted by molar-refractivity contribution is 0.139. The summed E-state index contributed by atoms with van der Waals surface area (Å²) in [6, 6.07) is 8.96. The molecule has 0 spiro atoms. The van der Waals surface area contributed by atoms with Crippen molar-refractivity contribution >= 4 is 12.4 Å². The highest BCUT2D eigenvalue weighted by Gasteiger charge is 2.03. The van der Waals surface area contributed by atoms with E-state index in [0.717, 1.165) is 18.4 Å². The maximum absolute atomic E-state index is 11.3. The van der Waals surface area contributed by atoms with Crippen molar-refractivity contribution in [1.29, 1.82) is 0 Å². The number of hydrogen-bond donors (Lipinski definition) is 2. The van der Waals surface area contributed by atoms with E-state index in [1.54, 1.807) is 6.29 Å². The summed E-state index contributed by atoms with van der Waals surface area (Å²) in [6.07, 6.45) is 3.40. The fraction of sp³-hybridized carbons (Fsp3) is 0.429. The molecule has 0 saturated carbocycles. The van der Waals surface area contributed by atoms with Crippen LogP contribution >= 0.6 is 0 Å². The van der Waals surface area contributed by atoms with Gasteiger partial charge in [-0.25, -0.2) is 4.79 Å². The number of unbranched alkanes of at least 4 members (excludes halogenated alkanes) is 1. The zero-order chi connectivity index (χ0) is 13.9. The Morgan fingerprint density at radius 2 is 2.05 bits per heavy atom. The summed E-state index contributed by atoms with van der Waals surface area (Å²) in [4.78, 5) is 21.5. The molecule has 1 amide bonds. The number of benzene rings is 1. The molecule has 0 fully saturated rings. The lowest BCUT2D eigenvalue weighted by Crippen LogP contribution is -2.26. The first-order valence-electron chi connectivity index (χ1n) is 6.30. The van der Waals surface area contributed by atoms with E-state index in [0.29, 0.717) is 13.0 Å². The third-order valence-corrected chi connectivity index (χ3v) is 2.58. The highest BCUT2D eigenvalue weighted by Crippen LogP contribution is 2.01. The first kappa shape index (κ1) is 15.2. The van der Waals surface area contributed by atoms with Crippen molar-refractivity contribution in [2.45, 2.75) is 31.9 Å². The maximum atomic E-state index is 11.3. The molecular weight excluding hydrogens is 244 g/mol. The smallest absolute Gasteiger partial charge is 0.407 e. The van der Waals surface area contributed by atoms with Crippen molar-refractivity contribution in [1.82, 2.24) is 5.32 Å². The average Bonchev–Trinajstić information content (AvgIpc) is 2.45. The molecule has 0 bridgehead atoms. The van der Waals surface area contributed by atoms with Gasteiger partial charge in [0.15, 0.2) is 0 Å². The molecule has 0 aliphatic rings. The average molecular weight is 263 g/mol. The van der Waals surface area contributed by atoms with Crippen LogP contribution in [0.15, 0.2) is 30.3 Å². The normalized spacial score (nSPS) is 11.6. The van der Waals surface area contributed by atoms with E-state index in [9.17, 15) is 9.59 Å². The predicted molar refractivity (Wildman–Crippen MR) is 72.1 cm³/mol. The topological polar surface area (TPSA) is 81.4 Å². The summed E-state index contributed by atoms with van der Waals surface area (Å²) < 4.78 is 5.04. The number of nitrogens with one attached hydrogen (secondary N) is 1. The van der Waals surface area contributed by atoms with E-state index >= 15 is 0 Å². The molecule has 0 aliphatic carbocycles. The molecule has 0 aromatic heterocycles. The lowest BCUT2D eigenvalue weighted by Gasteiger charge is -2.07. The van der Waals surface area contributed by atoms with Crippen molar-refractivity contribution in [3.63, 3.8) is 0 Å². The number of nitrogens with two attached hydrogens (primary N) is 1. The molecule has 0 heterocycles. The zero-order valence-electron chi connectivity index (χ0n) is 10.8. The predicted octanol–water partition coefficient (Wildman–Crippen LogP) is 1.52. The third kappa shape index (κ3) is 7.21. The Balaban J connectivity index is 2.04. The Labute approximate surface area is 113 Å². The molecule has 1 aromatic carbocycles. The second-order valence-corrected chi connectivity index (χ2v) is 4.21. The van der Waals surface area contributed by atoms with Gasteiger partial charge < -0.3 is 15.8 Å². The Morgan fingerprint density at radius 1 is 1.32 bits per heavy atom. The third-order valence-electron chi connectivity index (χ3n) is 2.58. The molecule has 19 heavy (non-hydrogen) atoms. The van der Waals surface area contributed by atoms with E-state index < -0.39 is 12.1 Å². The zero-order valence-corrected chi connectivity index (χ0v) is 10.8. The Kier molecular flexibility index (Phi) is 7.27. The summed E-state index contributed by atoms with van der Waals surface area (Å²) >= 11 is 0. The lowest BCUT2D eigenvalue weighted by atomic mass is 10.1. The summed E-state index contributed by atoms with van der Waals surface area (Å²) in [7, 11) is 0. The summed E-state index contributed by atoms with van der Waals surface area (Å²) in [5, 5.41) is 2.64. The Bertz CT molecular complexity index is 382. The van der Waals surface area contributed by atoms with Gasteiger partial charge >= 0.3 is 6.09 Å². The molecule has 103 valence electrons. The Hall–Kier alpha value is -1.88. The van der Waals surface area contributed by atoms with Crippen LogP contribution in [0.3, 0.4) is 0 Å². The van der Waals surface area contributed by atoms with Crippen LogP contribution in [0.1, 0.15) is 24.8 Å². The van der Waals surface area contributed by atoms with Crippen molar-refractivity contribution in [2.24, 2.45) is 5.73 Å². The molecule has 0 unspecified atom stereocenters. The molecule has 1 radical (unpaired) electrons. The van der Waals surface area contributed by atoms with Gasteiger partial charge in [-0.3, -0.25) is 4.79 Å². The quantitative estimate of drug-likeness (QED) is 0.697. The van der Waals surface area contributed by atoms with Gasteiger partial charge in [0.25, 0.3) is 0 Å². The van der Waals surface area contributed by atoms with Gasteiger partial charge in [0.05, 0.1) is 6.04 Å². The monoisotopic (exact) mass is 263 g/mol. The molecule has 0 aliphatic heterocycles. The van der Waals surface area contributed by atoms with E-state index in [1.807, 2.05) is 30.3 Å². The van der Waals surface area contributed by atoms with Crippen molar-refractivity contribution in [3.8, 4) is 0 Å². The van der Waals surface area contributed by atoms with Crippen molar-refractivity contribution in [2.75, 3.05) is 6.54 Å². The minimum absolute atomic E-state index is 0.262. The number of rotatable bonds is 8. The van der Waals surface area contributed by atoms with Crippen molar-refractivity contribution < 1.29 is 14.3 Å². The van der Waals surface area contributed by atoms with Gasteiger partial charge in [-0.2, -0.15) is 0 Å². The van der Waals surface area contributed by atoms with Crippen LogP contribution in [0.25, 0.3) is 0 Å². The molecule has 1 rings (SSSR count). The number of ether oxygens (including phenoxy) is 1. The maximum Gasteiger partial charge on any atom is 0.407 e. The largest absolute Gasteiger partial charge is 0.445 e. The van der Waals surface area contributed by atoms with Crippen LogP contribution in [-0.4, -0.2) is 25.0 Å². The van der Waals surface area contributed by atoms with Crippen LogP contribution in [-0.2, 0) is 16.1 Å². The SMILES string of the molecule is N[C@H]([C]=O)CCCCNC(=O)OCc1ccccc1. The number of hydrogen-bond acceptors (Lipinski definition) is 4. The van der Waals surface area contributed by atoms with E-state index in [2.05, 4.69) is 5.32 Å². The van der Waals surface area contributed by atoms with Crippen LogP contribution in [0.2, 0.25) is 0 Å². The molecule has 1 atom stereocenters. The van der Waals surface area contributed by atoms with Crippen LogP contribution < -0.4 is 11.1 Å². The standard InChI is InChI=1S/C14H19N2O3/c15-13(10-17)8-4-5-9-16-14(18)19-11-12-6-2-1-3-7-12/h1-3,6-7,13H,4-5,8-9,11,15H2,(H,16,18)/t13-/m0/s1. The summed E-state index contributed by atoms with van der Waals surface area (Å²) in [5.41, 5.74) is 6.34. The van der Waals surface area contributed by atoms with Crippen LogP contribution in [0.4, 0.5) is 4.79 Å². The molecule has 5 heteroatoms. The fourth-order valence-electron chi connectivity index (χ4n) is 1.51. The minimum atomic E-state index is -0.523. The highest BCUT2D eigenvalue weighted by atomic mass is 16.5. The number of alkyl carbamates (subject to hydrolysis) is 1. The van der Waals surface area contributed by atoms with Gasteiger partial charge in [0.2, 0.25) is 6.29 Å². The van der Waals surface area contributed by atoms with Crippen LogP contribution in [0.5, 0.6) is 0 Å². The summed E-state index contributed by atoms with van der Waals surface area (Å²) in [6.45, 7) is 0.775. The minimum Gasteiger partial charge on any atom is -0.445 e. The van der Waals surface area contributed by atoms with E-state index in [4.69, 9.17) is 10.5 Å². The van der Waals surface area contributed by atoms with E-state index in [1.165, 1.54) is 0 Å². The van der Waals surface area contributed by atoms with Crippen molar-refractivity contribution in [3.05, 3.63) is 35.9 Å². The first-order chi connectivity index (χ1) is 9.22. The second-order valence-electron chi connectivity index (χ2n) is 4.21. The number of carbonyl (C=O) groups excluding carboxylic acids is 2. The van der Waals surface area contributed by atoms with Crippen LogP contribution in [0, 0.1) is 0 Å². The van der Waals surface area contributed by atoms with Gasteiger partial charge in [0.1, 0.15) is 6.61 Å². The molecule has 0 saturated heterocycles. The van der Waals surface area contributed by atoms with E-state index in [-0.39, 0.29) is 6.61 Å².